The zero-order valence-corrected chi connectivity index (χ0v) is 14.2. The molecule has 0 aliphatic carbocycles. The zero-order valence-electron chi connectivity index (χ0n) is 14.2. The van der Waals surface area contributed by atoms with E-state index in [1.54, 1.807) is 24.1 Å². The van der Waals surface area contributed by atoms with E-state index < -0.39 is 0 Å². The Balaban J connectivity index is 1.82. The molecule has 24 heavy (non-hydrogen) atoms. The van der Waals surface area contributed by atoms with Crippen LogP contribution in [0.3, 0.4) is 0 Å². The summed E-state index contributed by atoms with van der Waals surface area (Å²) in [7, 11) is 1.76. The number of rotatable bonds is 8. The van der Waals surface area contributed by atoms with Gasteiger partial charge in [0, 0.05) is 32.0 Å². The van der Waals surface area contributed by atoms with Gasteiger partial charge < -0.3 is 9.64 Å². The summed E-state index contributed by atoms with van der Waals surface area (Å²) in [4.78, 5) is 25.9. The second-order valence-corrected chi connectivity index (χ2v) is 5.62. The van der Waals surface area contributed by atoms with Gasteiger partial charge in [0.25, 0.3) is 0 Å². The molecule has 0 fully saturated rings. The first kappa shape index (κ1) is 17.7. The minimum absolute atomic E-state index is 0.00147. The highest BCUT2D eigenvalue weighted by atomic mass is 16.5. The van der Waals surface area contributed by atoms with E-state index in [1.165, 1.54) is 0 Å². The molecule has 1 amide bonds. The third kappa shape index (κ3) is 5.23. The molecule has 0 unspecified atom stereocenters. The molecule has 4 heteroatoms. The molecule has 0 aliphatic heterocycles. The monoisotopic (exact) mass is 325 g/mol. The predicted molar refractivity (Wildman–Crippen MR) is 94.1 cm³/mol. The first-order valence-corrected chi connectivity index (χ1v) is 8.14. The van der Waals surface area contributed by atoms with Crippen molar-refractivity contribution in [1.29, 1.82) is 0 Å². The molecule has 0 N–H and O–H groups in total. The maximum absolute atomic E-state index is 12.2. The lowest BCUT2D eigenvalue weighted by atomic mass is 10.1. The molecular formula is C20H23NO3. The number of Topliss-reactive ketones (excluding diaryl/α,β-unsaturated/α-hetero) is 1. The largest absolute Gasteiger partial charge is 0.494 e. The third-order valence-electron chi connectivity index (χ3n) is 3.74. The number of carbonyl (C=O) groups is 2. The van der Waals surface area contributed by atoms with Crippen LogP contribution in [0.15, 0.2) is 54.6 Å². The fraction of sp³-hybridized carbons (Fsp3) is 0.300. The van der Waals surface area contributed by atoms with Gasteiger partial charge in [-0.05, 0) is 24.6 Å². The van der Waals surface area contributed by atoms with Crippen LogP contribution in [-0.4, -0.2) is 30.2 Å². The van der Waals surface area contributed by atoms with Crippen molar-refractivity contribution in [3.05, 3.63) is 65.7 Å². The molecule has 2 rings (SSSR count). The van der Waals surface area contributed by atoms with Crippen LogP contribution in [-0.2, 0) is 11.3 Å². The summed E-state index contributed by atoms with van der Waals surface area (Å²) in [5.74, 6) is 0.787. The number of hydrogen-bond acceptors (Lipinski definition) is 3. The highest BCUT2D eigenvalue weighted by Gasteiger charge is 2.13. The van der Waals surface area contributed by atoms with E-state index in [-0.39, 0.29) is 24.5 Å². The van der Waals surface area contributed by atoms with E-state index in [4.69, 9.17) is 4.74 Å². The van der Waals surface area contributed by atoms with Gasteiger partial charge in [0.15, 0.2) is 5.78 Å². The fourth-order valence-electron chi connectivity index (χ4n) is 2.40. The van der Waals surface area contributed by atoms with Gasteiger partial charge in [-0.1, -0.05) is 42.5 Å². The van der Waals surface area contributed by atoms with Crippen molar-refractivity contribution in [2.45, 2.75) is 26.3 Å². The lowest BCUT2D eigenvalue weighted by Crippen LogP contribution is -2.26. The summed E-state index contributed by atoms with van der Waals surface area (Å²) >= 11 is 0. The molecule has 0 radical (unpaired) electrons. The van der Waals surface area contributed by atoms with E-state index in [0.29, 0.717) is 18.7 Å². The number of amides is 1. The summed E-state index contributed by atoms with van der Waals surface area (Å²) in [5.41, 5.74) is 1.68. The van der Waals surface area contributed by atoms with E-state index in [1.807, 2.05) is 49.4 Å². The summed E-state index contributed by atoms with van der Waals surface area (Å²) in [6, 6.07) is 16.8. The molecular weight excluding hydrogens is 302 g/mol. The number of nitrogens with zero attached hydrogens (tertiary/aromatic N) is 1. The molecule has 0 bridgehead atoms. The number of carbonyl (C=O) groups excluding carboxylic acids is 2. The van der Waals surface area contributed by atoms with Crippen LogP contribution in [0.5, 0.6) is 5.75 Å². The molecule has 2 aromatic rings. The average molecular weight is 325 g/mol. The quantitative estimate of drug-likeness (QED) is 0.695. The minimum Gasteiger partial charge on any atom is -0.494 e. The minimum atomic E-state index is -0.0341. The lowest BCUT2D eigenvalue weighted by molar-refractivity contribution is -0.130. The van der Waals surface area contributed by atoms with Crippen LogP contribution in [0, 0.1) is 0 Å². The zero-order chi connectivity index (χ0) is 17.4. The van der Waals surface area contributed by atoms with Crippen molar-refractivity contribution in [2.75, 3.05) is 13.7 Å². The highest BCUT2D eigenvalue weighted by Crippen LogP contribution is 2.14. The third-order valence-corrected chi connectivity index (χ3v) is 3.74. The van der Waals surface area contributed by atoms with Crippen molar-refractivity contribution in [3.63, 3.8) is 0 Å². The molecule has 0 saturated heterocycles. The Morgan fingerprint density at radius 3 is 2.25 bits per heavy atom. The molecule has 2 aromatic carbocycles. The van der Waals surface area contributed by atoms with Gasteiger partial charge in [0.05, 0.1) is 6.61 Å². The Morgan fingerprint density at radius 1 is 0.958 bits per heavy atom. The Hall–Kier alpha value is -2.62. The number of ether oxygens (including phenoxy) is 1. The maximum Gasteiger partial charge on any atom is 0.223 e. The second-order valence-electron chi connectivity index (χ2n) is 5.62. The van der Waals surface area contributed by atoms with Crippen molar-refractivity contribution in [2.24, 2.45) is 0 Å². The Morgan fingerprint density at radius 2 is 1.62 bits per heavy atom. The number of hydrogen-bond donors (Lipinski definition) is 0. The molecule has 0 spiro atoms. The summed E-state index contributed by atoms with van der Waals surface area (Å²) < 4.78 is 5.40. The molecule has 0 aromatic heterocycles. The molecule has 4 nitrogen and oxygen atoms in total. The smallest absolute Gasteiger partial charge is 0.223 e. The van der Waals surface area contributed by atoms with Crippen molar-refractivity contribution < 1.29 is 14.3 Å². The van der Waals surface area contributed by atoms with Crippen molar-refractivity contribution in [1.82, 2.24) is 4.90 Å². The highest BCUT2D eigenvalue weighted by molar-refractivity contribution is 5.97. The Bertz CT molecular complexity index is 665. The van der Waals surface area contributed by atoms with E-state index in [9.17, 15) is 9.59 Å². The number of ketones is 1. The molecule has 0 atom stereocenters. The van der Waals surface area contributed by atoms with Crippen molar-refractivity contribution >= 4 is 11.7 Å². The van der Waals surface area contributed by atoms with E-state index in [0.717, 1.165) is 11.3 Å². The molecule has 0 saturated carbocycles. The van der Waals surface area contributed by atoms with Gasteiger partial charge >= 0.3 is 0 Å². The van der Waals surface area contributed by atoms with Crippen LogP contribution >= 0.6 is 0 Å². The van der Waals surface area contributed by atoms with Crippen LogP contribution in [0.2, 0.25) is 0 Å². The van der Waals surface area contributed by atoms with Gasteiger partial charge in [-0.15, -0.1) is 0 Å². The van der Waals surface area contributed by atoms with Gasteiger partial charge in [0.1, 0.15) is 5.75 Å². The summed E-state index contributed by atoms with van der Waals surface area (Å²) in [6.45, 7) is 3.09. The van der Waals surface area contributed by atoms with Gasteiger partial charge in [-0.25, -0.2) is 0 Å². The average Bonchev–Trinajstić information content (AvgIpc) is 2.62. The first-order valence-electron chi connectivity index (χ1n) is 8.14. The van der Waals surface area contributed by atoms with Crippen molar-refractivity contribution in [3.8, 4) is 5.75 Å². The van der Waals surface area contributed by atoms with Crippen LogP contribution in [0.1, 0.15) is 35.7 Å². The molecule has 126 valence electrons. The van der Waals surface area contributed by atoms with Gasteiger partial charge in [-0.3, -0.25) is 9.59 Å². The van der Waals surface area contributed by atoms with E-state index >= 15 is 0 Å². The second kappa shape index (κ2) is 8.87. The Labute approximate surface area is 143 Å². The van der Waals surface area contributed by atoms with Crippen LogP contribution in [0.4, 0.5) is 0 Å². The molecule has 0 heterocycles. The normalized spacial score (nSPS) is 10.2. The van der Waals surface area contributed by atoms with Gasteiger partial charge in [-0.2, -0.15) is 0 Å². The van der Waals surface area contributed by atoms with E-state index in [2.05, 4.69) is 0 Å². The fourth-order valence-corrected chi connectivity index (χ4v) is 2.40. The topological polar surface area (TPSA) is 46.6 Å². The number of benzene rings is 2. The van der Waals surface area contributed by atoms with Crippen LogP contribution < -0.4 is 4.74 Å². The summed E-state index contributed by atoms with van der Waals surface area (Å²) in [5, 5.41) is 0. The standard InChI is InChI=1S/C20H23NO3/c1-3-24-18-11-9-16(10-12-18)15-21(2)20(23)14-13-19(22)17-7-5-4-6-8-17/h4-12H,3,13-15H2,1-2H3. The van der Waals surface area contributed by atoms with Gasteiger partial charge in [0.2, 0.25) is 5.91 Å². The lowest BCUT2D eigenvalue weighted by Gasteiger charge is -2.17. The SMILES string of the molecule is CCOc1ccc(CN(C)C(=O)CCC(=O)c2ccccc2)cc1. The Kier molecular flexibility index (Phi) is 6.55. The predicted octanol–water partition coefficient (Wildman–Crippen LogP) is 3.71. The maximum atomic E-state index is 12.2. The first-order chi connectivity index (χ1) is 11.6. The summed E-state index contributed by atoms with van der Waals surface area (Å²) in [6.07, 6.45) is 0.456. The van der Waals surface area contributed by atoms with Crippen LogP contribution in [0.25, 0.3) is 0 Å². The molecule has 0 aliphatic rings.